The zero-order valence-corrected chi connectivity index (χ0v) is 10.4. The van der Waals surface area contributed by atoms with Crippen LogP contribution in [-0.4, -0.2) is 51.0 Å². The Bertz CT molecular complexity index is 413. The Morgan fingerprint density at radius 1 is 1.53 bits per heavy atom. The molecule has 6 heteroatoms. The van der Waals surface area contributed by atoms with Crippen molar-refractivity contribution in [3.05, 3.63) is 18.2 Å². The molecule has 1 N–H and O–H groups in total. The van der Waals surface area contributed by atoms with E-state index < -0.39 is 0 Å². The van der Waals surface area contributed by atoms with Crippen molar-refractivity contribution in [2.24, 2.45) is 0 Å². The average molecular weight is 252 g/mol. The maximum Gasteiger partial charge on any atom is 0.241 e. The van der Waals surface area contributed by atoms with Gasteiger partial charge in [0.15, 0.2) is 0 Å². The van der Waals surface area contributed by atoms with Crippen LogP contribution in [-0.2, 0) is 17.9 Å². The van der Waals surface area contributed by atoms with Crippen molar-refractivity contribution in [1.29, 1.82) is 0 Å². The van der Waals surface area contributed by atoms with Gasteiger partial charge in [-0.1, -0.05) is 0 Å². The van der Waals surface area contributed by atoms with Crippen molar-refractivity contribution < 1.29 is 4.79 Å². The molecule has 3 rings (SSSR count). The molecule has 1 fully saturated rings. The minimum atomic E-state index is -0.00439. The number of nitrogens with zero attached hydrogens (tertiary/aromatic N) is 3. The molecule has 1 amide bonds. The fraction of sp³-hybridized carbons (Fsp3) is 0.636. The molecule has 92 valence electrons. The smallest absolute Gasteiger partial charge is 0.241 e. The van der Waals surface area contributed by atoms with Gasteiger partial charge in [-0.15, -0.1) is 0 Å². The number of carbonyl (C=O) groups is 1. The van der Waals surface area contributed by atoms with Gasteiger partial charge in [-0.3, -0.25) is 4.79 Å². The van der Waals surface area contributed by atoms with Gasteiger partial charge in [-0.05, 0) is 0 Å². The topological polar surface area (TPSA) is 50.2 Å². The summed E-state index contributed by atoms with van der Waals surface area (Å²) in [7, 11) is 0. The second-order valence-corrected chi connectivity index (χ2v) is 5.53. The van der Waals surface area contributed by atoms with Crippen molar-refractivity contribution in [3.8, 4) is 0 Å². The van der Waals surface area contributed by atoms with E-state index in [0.29, 0.717) is 6.54 Å². The number of thioether (sulfide) groups is 1. The van der Waals surface area contributed by atoms with Crippen molar-refractivity contribution in [3.63, 3.8) is 0 Å². The summed E-state index contributed by atoms with van der Waals surface area (Å²) in [4.78, 5) is 18.5. The van der Waals surface area contributed by atoms with E-state index in [1.807, 2.05) is 22.9 Å². The van der Waals surface area contributed by atoms with E-state index in [1.54, 1.807) is 6.20 Å². The van der Waals surface area contributed by atoms with Crippen LogP contribution in [0.25, 0.3) is 0 Å². The summed E-state index contributed by atoms with van der Waals surface area (Å²) in [6, 6.07) is -0.00439. The maximum atomic E-state index is 12.3. The van der Waals surface area contributed by atoms with Crippen LogP contribution in [0, 0.1) is 0 Å². The third kappa shape index (κ3) is 2.19. The van der Waals surface area contributed by atoms with Crippen LogP contribution in [0.2, 0.25) is 0 Å². The lowest BCUT2D eigenvalue weighted by Gasteiger charge is -2.32. The first-order chi connectivity index (χ1) is 8.34. The maximum absolute atomic E-state index is 12.3. The van der Waals surface area contributed by atoms with Gasteiger partial charge in [0.05, 0.1) is 12.6 Å². The molecule has 0 saturated carbocycles. The number of hydrogen-bond donors (Lipinski definition) is 1. The molecule has 17 heavy (non-hydrogen) atoms. The first-order valence-corrected chi connectivity index (χ1v) is 7.10. The molecule has 2 aliphatic rings. The van der Waals surface area contributed by atoms with Gasteiger partial charge >= 0.3 is 0 Å². The van der Waals surface area contributed by atoms with Crippen LogP contribution in [0.5, 0.6) is 0 Å². The number of hydrogen-bond acceptors (Lipinski definition) is 4. The lowest BCUT2D eigenvalue weighted by molar-refractivity contribution is -0.134. The first kappa shape index (κ1) is 11.1. The van der Waals surface area contributed by atoms with Crippen molar-refractivity contribution in [2.45, 2.75) is 19.1 Å². The van der Waals surface area contributed by atoms with E-state index in [2.05, 4.69) is 14.9 Å². The summed E-state index contributed by atoms with van der Waals surface area (Å²) in [5.74, 6) is 3.22. The molecule has 5 nitrogen and oxygen atoms in total. The Kier molecular flexibility index (Phi) is 3.07. The molecule has 1 aromatic heterocycles. The Balaban J connectivity index is 1.67. The second-order valence-electron chi connectivity index (χ2n) is 4.38. The van der Waals surface area contributed by atoms with Gasteiger partial charge in [0.25, 0.3) is 0 Å². The molecule has 0 aromatic carbocycles. The summed E-state index contributed by atoms with van der Waals surface area (Å²) >= 11 is 1.85. The van der Waals surface area contributed by atoms with Crippen molar-refractivity contribution in [2.75, 3.05) is 24.6 Å². The molecule has 2 aliphatic heterocycles. The SMILES string of the molecule is O=C(C1CSCCN1)N1CCn2ccnc2C1. The number of amides is 1. The Morgan fingerprint density at radius 3 is 3.29 bits per heavy atom. The zero-order chi connectivity index (χ0) is 11.7. The lowest BCUT2D eigenvalue weighted by atomic mass is 10.2. The summed E-state index contributed by atoms with van der Waals surface area (Å²) in [5.41, 5.74) is 0. The minimum Gasteiger partial charge on any atom is -0.332 e. The Hall–Kier alpha value is -1.01. The molecule has 3 heterocycles. The fourth-order valence-corrected chi connectivity index (χ4v) is 3.23. The fourth-order valence-electron chi connectivity index (χ4n) is 2.31. The number of aromatic nitrogens is 2. The van der Waals surface area contributed by atoms with Crippen LogP contribution in [0.15, 0.2) is 12.4 Å². The summed E-state index contributed by atoms with van der Waals surface area (Å²) in [6.45, 7) is 3.24. The number of fused-ring (bicyclic) bond motifs is 1. The van der Waals surface area contributed by atoms with Crippen LogP contribution in [0.3, 0.4) is 0 Å². The molecule has 0 aliphatic carbocycles. The van der Waals surface area contributed by atoms with Crippen LogP contribution >= 0.6 is 11.8 Å². The molecule has 0 spiro atoms. The van der Waals surface area contributed by atoms with E-state index in [-0.39, 0.29) is 11.9 Å². The van der Waals surface area contributed by atoms with Crippen molar-refractivity contribution in [1.82, 2.24) is 19.8 Å². The minimum absolute atomic E-state index is 0.00439. The predicted octanol–water partition coefficient (Wildman–Crippen LogP) is -0.0697. The van der Waals surface area contributed by atoms with E-state index in [0.717, 1.165) is 37.0 Å². The first-order valence-electron chi connectivity index (χ1n) is 5.94. The Morgan fingerprint density at radius 2 is 2.47 bits per heavy atom. The molecule has 0 bridgehead atoms. The van der Waals surface area contributed by atoms with E-state index in [1.165, 1.54) is 0 Å². The third-order valence-electron chi connectivity index (χ3n) is 3.28. The molecule has 1 saturated heterocycles. The molecule has 1 atom stereocenters. The quantitative estimate of drug-likeness (QED) is 0.760. The highest BCUT2D eigenvalue weighted by atomic mass is 32.2. The van der Waals surface area contributed by atoms with Gasteiger partial charge in [-0.2, -0.15) is 11.8 Å². The van der Waals surface area contributed by atoms with E-state index in [4.69, 9.17) is 0 Å². The zero-order valence-electron chi connectivity index (χ0n) is 9.63. The van der Waals surface area contributed by atoms with Gasteiger partial charge in [0.1, 0.15) is 5.82 Å². The monoisotopic (exact) mass is 252 g/mol. The summed E-state index contributed by atoms with van der Waals surface area (Å²) in [5, 5.41) is 3.29. The number of imidazole rings is 1. The lowest BCUT2D eigenvalue weighted by Crippen LogP contribution is -2.52. The molecule has 1 unspecified atom stereocenters. The van der Waals surface area contributed by atoms with Gasteiger partial charge in [-0.25, -0.2) is 4.98 Å². The normalized spacial score (nSPS) is 24.5. The van der Waals surface area contributed by atoms with Crippen LogP contribution in [0.4, 0.5) is 0 Å². The number of rotatable bonds is 1. The highest BCUT2D eigenvalue weighted by molar-refractivity contribution is 7.99. The third-order valence-corrected chi connectivity index (χ3v) is 4.34. The average Bonchev–Trinajstić information content (AvgIpc) is 2.86. The highest BCUT2D eigenvalue weighted by Gasteiger charge is 2.28. The van der Waals surface area contributed by atoms with Gasteiger partial charge in [0.2, 0.25) is 5.91 Å². The highest BCUT2D eigenvalue weighted by Crippen LogP contribution is 2.15. The van der Waals surface area contributed by atoms with Crippen LogP contribution < -0.4 is 5.32 Å². The summed E-state index contributed by atoms with van der Waals surface area (Å²) in [6.07, 6.45) is 3.78. The molecule has 1 aromatic rings. The largest absolute Gasteiger partial charge is 0.332 e. The predicted molar refractivity (Wildman–Crippen MR) is 66.8 cm³/mol. The Labute approximate surface area is 105 Å². The standard InChI is InChI=1S/C11H16N4OS/c16-11(9-8-17-6-2-12-9)15-5-4-14-3-1-13-10(14)7-15/h1,3,9,12H,2,4-8H2. The van der Waals surface area contributed by atoms with Gasteiger partial charge < -0.3 is 14.8 Å². The van der Waals surface area contributed by atoms with Crippen LogP contribution in [0.1, 0.15) is 5.82 Å². The molecular weight excluding hydrogens is 236 g/mol. The number of nitrogens with one attached hydrogen (secondary N) is 1. The second kappa shape index (κ2) is 4.70. The molecule has 0 radical (unpaired) electrons. The molecular formula is C11H16N4OS. The summed E-state index contributed by atoms with van der Waals surface area (Å²) < 4.78 is 2.12. The number of carbonyl (C=O) groups excluding carboxylic acids is 1. The van der Waals surface area contributed by atoms with E-state index in [9.17, 15) is 4.79 Å². The van der Waals surface area contributed by atoms with Crippen molar-refractivity contribution >= 4 is 17.7 Å². The van der Waals surface area contributed by atoms with Gasteiger partial charge in [0, 0.05) is 43.5 Å². The van der Waals surface area contributed by atoms with E-state index >= 15 is 0 Å².